The van der Waals surface area contributed by atoms with Crippen LogP contribution in [0, 0.1) is 0 Å². The predicted molar refractivity (Wildman–Crippen MR) is 74.9 cm³/mol. The number of hydrogen-bond acceptors (Lipinski definition) is 4. The van der Waals surface area contributed by atoms with E-state index in [1.807, 2.05) is 6.92 Å². The highest BCUT2D eigenvalue weighted by atomic mass is 32.2. The number of aliphatic carboxylic acids is 1. The number of hydrogen-bond donors (Lipinski definition) is 2. The average Bonchev–Trinajstić information content (AvgIpc) is 2.39. The highest BCUT2D eigenvalue weighted by Gasteiger charge is 2.05. The van der Waals surface area contributed by atoms with Crippen molar-refractivity contribution in [2.75, 3.05) is 24.7 Å². The van der Waals surface area contributed by atoms with Gasteiger partial charge in [-0.1, -0.05) is 0 Å². The monoisotopic (exact) mass is 283 g/mol. The summed E-state index contributed by atoms with van der Waals surface area (Å²) in [5.41, 5.74) is 0.562. The minimum absolute atomic E-state index is 0.0545. The summed E-state index contributed by atoms with van der Waals surface area (Å²) in [7, 11) is 0. The van der Waals surface area contributed by atoms with Crippen molar-refractivity contribution in [3.8, 4) is 5.75 Å². The lowest BCUT2D eigenvalue weighted by molar-refractivity contribution is -0.133. The van der Waals surface area contributed by atoms with Gasteiger partial charge in [0, 0.05) is 17.9 Å². The molecule has 0 aromatic heterocycles. The average molecular weight is 283 g/mol. The third-order valence-corrected chi connectivity index (χ3v) is 3.13. The van der Waals surface area contributed by atoms with Crippen molar-refractivity contribution in [3.63, 3.8) is 0 Å². The lowest BCUT2D eigenvalue weighted by Gasteiger charge is -2.06. The first-order chi connectivity index (χ1) is 9.13. The van der Waals surface area contributed by atoms with Gasteiger partial charge in [-0.15, -0.1) is 11.8 Å². The van der Waals surface area contributed by atoms with Crippen LogP contribution in [-0.4, -0.2) is 41.6 Å². The number of carboxylic acid groups (broad SMARTS) is 1. The highest BCUT2D eigenvalue weighted by Crippen LogP contribution is 2.11. The summed E-state index contributed by atoms with van der Waals surface area (Å²) in [5, 5.41) is 11.2. The zero-order valence-corrected chi connectivity index (χ0v) is 11.5. The summed E-state index contributed by atoms with van der Waals surface area (Å²) in [5.74, 6) is 0.353. The second kappa shape index (κ2) is 8.42. The molecule has 1 aromatic rings. The van der Waals surface area contributed by atoms with Crippen LogP contribution < -0.4 is 10.1 Å². The summed E-state index contributed by atoms with van der Waals surface area (Å²) >= 11 is 1.27. The molecule has 0 saturated carbocycles. The van der Waals surface area contributed by atoms with E-state index >= 15 is 0 Å². The fourth-order valence-corrected chi connectivity index (χ4v) is 1.93. The van der Waals surface area contributed by atoms with Gasteiger partial charge in [-0.2, -0.15) is 0 Å². The van der Waals surface area contributed by atoms with Crippen LogP contribution in [0.3, 0.4) is 0 Å². The van der Waals surface area contributed by atoms with Crippen molar-refractivity contribution in [1.82, 2.24) is 5.32 Å². The van der Waals surface area contributed by atoms with Crippen LogP contribution in [-0.2, 0) is 4.79 Å². The molecule has 0 unspecified atom stereocenters. The van der Waals surface area contributed by atoms with Gasteiger partial charge < -0.3 is 15.2 Å². The van der Waals surface area contributed by atoms with Gasteiger partial charge in [0.15, 0.2) is 0 Å². The highest BCUT2D eigenvalue weighted by molar-refractivity contribution is 7.99. The Labute approximate surface area is 116 Å². The molecule has 0 saturated heterocycles. The number of benzene rings is 1. The van der Waals surface area contributed by atoms with Gasteiger partial charge in [0.2, 0.25) is 0 Å². The second-order valence-electron chi connectivity index (χ2n) is 3.66. The maximum absolute atomic E-state index is 11.7. The van der Waals surface area contributed by atoms with E-state index in [0.717, 1.165) is 5.75 Å². The molecule has 2 N–H and O–H groups in total. The van der Waals surface area contributed by atoms with E-state index in [1.165, 1.54) is 11.8 Å². The minimum Gasteiger partial charge on any atom is -0.494 e. The SMILES string of the molecule is CCOc1ccc(C(=O)NCCSCC(=O)O)cc1. The van der Waals surface area contributed by atoms with Crippen molar-refractivity contribution < 1.29 is 19.4 Å². The molecule has 1 aromatic carbocycles. The molecule has 5 nitrogen and oxygen atoms in total. The fourth-order valence-electron chi connectivity index (χ4n) is 1.37. The minimum atomic E-state index is -0.845. The van der Waals surface area contributed by atoms with Crippen LogP contribution in [0.5, 0.6) is 5.75 Å². The van der Waals surface area contributed by atoms with Gasteiger partial charge in [-0.05, 0) is 31.2 Å². The molecule has 0 heterocycles. The van der Waals surface area contributed by atoms with Gasteiger partial charge >= 0.3 is 5.97 Å². The molecule has 0 aliphatic rings. The number of carbonyl (C=O) groups is 2. The second-order valence-corrected chi connectivity index (χ2v) is 4.76. The molecule has 0 fully saturated rings. The summed E-state index contributed by atoms with van der Waals surface area (Å²) in [6.45, 7) is 2.94. The number of nitrogens with one attached hydrogen (secondary N) is 1. The fraction of sp³-hybridized carbons (Fsp3) is 0.385. The van der Waals surface area contributed by atoms with E-state index < -0.39 is 5.97 Å². The molecule has 104 valence electrons. The Morgan fingerprint density at radius 1 is 1.32 bits per heavy atom. The molecule has 0 aliphatic heterocycles. The summed E-state index contributed by atoms with van der Waals surface area (Å²) < 4.78 is 5.29. The number of carbonyl (C=O) groups excluding carboxylic acids is 1. The molecule has 1 rings (SSSR count). The number of thioether (sulfide) groups is 1. The van der Waals surface area contributed by atoms with E-state index in [-0.39, 0.29) is 11.7 Å². The lowest BCUT2D eigenvalue weighted by Crippen LogP contribution is -2.25. The van der Waals surface area contributed by atoms with E-state index in [0.29, 0.717) is 24.5 Å². The third kappa shape index (κ3) is 6.15. The Balaban J connectivity index is 2.30. The normalized spacial score (nSPS) is 9.95. The van der Waals surface area contributed by atoms with Crippen molar-refractivity contribution in [3.05, 3.63) is 29.8 Å². The molecule has 0 aliphatic carbocycles. The maximum atomic E-state index is 11.7. The van der Waals surface area contributed by atoms with Crippen molar-refractivity contribution in [1.29, 1.82) is 0 Å². The van der Waals surface area contributed by atoms with Crippen molar-refractivity contribution in [2.24, 2.45) is 0 Å². The number of amides is 1. The quantitative estimate of drug-likeness (QED) is 0.709. The van der Waals surface area contributed by atoms with Gasteiger partial charge in [-0.25, -0.2) is 0 Å². The van der Waals surface area contributed by atoms with Crippen LogP contribution in [0.2, 0.25) is 0 Å². The molecule has 6 heteroatoms. The Hall–Kier alpha value is -1.69. The molecule has 0 spiro atoms. The summed E-state index contributed by atoms with van der Waals surface area (Å²) in [4.78, 5) is 22.0. The van der Waals surface area contributed by atoms with Crippen LogP contribution >= 0.6 is 11.8 Å². The Bertz CT molecular complexity index is 419. The van der Waals surface area contributed by atoms with Crippen molar-refractivity contribution in [2.45, 2.75) is 6.92 Å². The summed E-state index contributed by atoms with van der Waals surface area (Å²) in [6, 6.07) is 6.89. The standard InChI is InChI=1S/C13H17NO4S/c1-2-18-11-5-3-10(4-6-11)13(17)14-7-8-19-9-12(15)16/h3-6H,2,7-9H2,1H3,(H,14,17)(H,15,16). The first-order valence-corrected chi connectivity index (χ1v) is 7.09. The smallest absolute Gasteiger partial charge is 0.313 e. The van der Waals surface area contributed by atoms with Crippen LogP contribution in [0.4, 0.5) is 0 Å². The first kappa shape index (κ1) is 15.4. The van der Waals surface area contributed by atoms with E-state index in [2.05, 4.69) is 5.32 Å². The molecule has 1 amide bonds. The molecule has 19 heavy (non-hydrogen) atoms. The Morgan fingerprint density at radius 3 is 2.58 bits per heavy atom. The lowest BCUT2D eigenvalue weighted by atomic mass is 10.2. The maximum Gasteiger partial charge on any atom is 0.313 e. The first-order valence-electron chi connectivity index (χ1n) is 5.94. The van der Waals surface area contributed by atoms with Crippen LogP contribution in [0.1, 0.15) is 17.3 Å². The Morgan fingerprint density at radius 2 is 2.00 bits per heavy atom. The molecule has 0 atom stereocenters. The zero-order chi connectivity index (χ0) is 14.1. The van der Waals surface area contributed by atoms with E-state index in [4.69, 9.17) is 9.84 Å². The molecule has 0 radical (unpaired) electrons. The van der Waals surface area contributed by atoms with Gasteiger partial charge in [0.05, 0.1) is 12.4 Å². The number of ether oxygens (including phenoxy) is 1. The van der Waals surface area contributed by atoms with Gasteiger partial charge in [-0.3, -0.25) is 9.59 Å². The van der Waals surface area contributed by atoms with E-state index in [1.54, 1.807) is 24.3 Å². The van der Waals surface area contributed by atoms with E-state index in [9.17, 15) is 9.59 Å². The van der Waals surface area contributed by atoms with Crippen LogP contribution in [0.15, 0.2) is 24.3 Å². The topological polar surface area (TPSA) is 75.6 Å². The Kier molecular flexibility index (Phi) is 6.81. The van der Waals surface area contributed by atoms with Crippen molar-refractivity contribution >= 4 is 23.6 Å². The van der Waals surface area contributed by atoms with Gasteiger partial charge in [0.25, 0.3) is 5.91 Å². The predicted octanol–water partition coefficient (Wildman–Crippen LogP) is 1.63. The summed E-state index contributed by atoms with van der Waals surface area (Å²) in [6.07, 6.45) is 0. The zero-order valence-electron chi connectivity index (χ0n) is 10.7. The molecular formula is C13H17NO4S. The largest absolute Gasteiger partial charge is 0.494 e. The number of rotatable bonds is 8. The van der Waals surface area contributed by atoms with Gasteiger partial charge in [0.1, 0.15) is 5.75 Å². The molecule has 0 bridgehead atoms. The third-order valence-electron chi connectivity index (χ3n) is 2.19. The van der Waals surface area contributed by atoms with Crippen LogP contribution in [0.25, 0.3) is 0 Å². The number of carboxylic acids is 1. The molecular weight excluding hydrogens is 266 g/mol.